The lowest BCUT2D eigenvalue weighted by atomic mass is 9.88. The second kappa shape index (κ2) is 6.83. The van der Waals surface area contributed by atoms with Gasteiger partial charge in [0.1, 0.15) is 0 Å². The molecule has 0 amide bonds. The van der Waals surface area contributed by atoms with Crippen LogP contribution in [0.2, 0.25) is 10.0 Å². The maximum Gasteiger partial charge on any atom is 0.0441 e. The Balaban J connectivity index is 2.08. The van der Waals surface area contributed by atoms with E-state index in [-0.39, 0.29) is 0 Å². The molecule has 2 atom stereocenters. The van der Waals surface area contributed by atoms with Crippen molar-refractivity contribution >= 4 is 28.9 Å². The largest absolute Gasteiger partial charge is 0.371 e. The number of piperidine rings is 1. The summed E-state index contributed by atoms with van der Waals surface area (Å²) >= 11 is 12.2. The van der Waals surface area contributed by atoms with E-state index in [4.69, 9.17) is 28.9 Å². The Morgan fingerprint density at radius 2 is 1.95 bits per heavy atom. The van der Waals surface area contributed by atoms with Gasteiger partial charge in [0.15, 0.2) is 0 Å². The highest BCUT2D eigenvalue weighted by Crippen LogP contribution is 2.30. The summed E-state index contributed by atoms with van der Waals surface area (Å²) in [4.78, 5) is 2.36. The molecule has 1 aromatic carbocycles. The van der Waals surface area contributed by atoms with Crippen LogP contribution < -0.4 is 10.6 Å². The first-order chi connectivity index (χ1) is 9.10. The standard InChI is InChI=1S/C15H22Cl2N2/c1-2-3-4-11-10-19(6-5-15(11)18)14-8-12(16)7-13(17)9-14/h7-9,11,15H,2-6,10,18H2,1H3/t11-,15+/m1/s1. The number of nitrogens with two attached hydrogens (primary N) is 1. The predicted octanol–water partition coefficient (Wildman–Crippen LogP) is 4.34. The Bertz CT molecular complexity index is 402. The highest BCUT2D eigenvalue weighted by Gasteiger charge is 2.26. The third-order valence-corrected chi connectivity index (χ3v) is 4.37. The van der Waals surface area contributed by atoms with E-state index in [0.717, 1.165) is 25.2 Å². The molecular weight excluding hydrogens is 279 g/mol. The van der Waals surface area contributed by atoms with E-state index in [2.05, 4.69) is 11.8 Å². The fourth-order valence-corrected chi connectivity index (χ4v) is 3.29. The SMILES string of the molecule is CCCC[C@@H]1CN(c2cc(Cl)cc(Cl)c2)CC[C@@H]1N. The van der Waals surface area contributed by atoms with Gasteiger partial charge in [0.25, 0.3) is 0 Å². The van der Waals surface area contributed by atoms with Crippen molar-refractivity contribution in [1.82, 2.24) is 0 Å². The van der Waals surface area contributed by atoms with Crippen molar-refractivity contribution in [1.29, 1.82) is 0 Å². The first-order valence-corrected chi connectivity index (χ1v) is 7.82. The normalized spacial score (nSPS) is 23.7. The lowest BCUT2D eigenvalue weighted by molar-refractivity contribution is 0.330. The van der Waals surface area contributed by atoms with Gasteiger partial charge in [-0.25, -0.2) is 0 Å². The smallest absolute Gasteiger partial charge is 0.0441 e. The van der Waals surface area contributed by atoms with Gasteiger partial charge >= 0.3 is 0 Å². The van der Waals surface area contributed by atoms with E-state index in [9.17, 15) is 0 Å². The quantitative estimate of drug-likeness (QED) is 0.896. The van der Waals surface area contributed by atoms with Gasteiger partial charge in [-0.3, -0.25) is 0 Å². The third-order valence-electron chi connectivity index (χ3n) is 3.93. The van der Waals surface area contributed by atoms with Crippen LogP contribution in [-0.4, -0.2) is 19.1 Å². The van der Waals surface area contributed by atoms with Gasteiger partial charge in [0.05, 0.1) is 0 Å². The van der Waals surface area contributed by atoms with Gasteiger partial charge < -0.3 is 10.6 Å². The molecule has 0 radical (unpaired) electrons. The zero-order chi connectivity index (χ0) is 13.8. The van der Waals surface area contributed by atoms with E-state index in [1.165, 1.54) is 19.3 Å². The summed E-state index contributed by atoms with van der Waals surface area (Å²) in [6.45, 7) is 4.22. The van der Waals surface area contributed by atoms with Gasteiger partial charge in [-0.1, -0.05) is 43.0 Å². The zero-order valence-corrected chi connectivity index (χ0v) is 12.9. The Labute approximate surface area is 125 Å². The molecule has 0 aliphatic carbocycles. The minimum Gasteiger partial charge on any atom is -0.371 e. The van der Waals surface area contributed by atoms with Crippen molar-refractivity contribution in [2.24, 2.45) is 11.7 Å². The summed E-state index contributed by atoms with van der Waals surface area (Å²) in [6, 6.07) is 6.08. The second-order valence-electron chi connectivity index (χ2n) is 5.43. The number of benzene rings is 1. The lowest BCUT2D eigenvalue weighted by Gasteiger charge is -2.38. The monoisotopic (exact) mass is 300 g/mol. The maximum atomic E-state index is 6.24. The van der Waals surface area contributed by atoms with Crippen molar-refractivity contribution in [3.63, 3.8) is 0 Å². The molecule has 0 aromatic heterocycles. The van der Waals surface area contributed by atoms with E-state index in [0.29, 0.717) is 22.0 Å². The number of nitrogens with zero attached hydrogens (tertiary/aromatic N) is 1. The average molecular weight is 301 g/mol. The zero-order valence-electron chi connectivity index (χ0n) is 11.4. The molecule has 0 saturated carbocycles. The first kappa shape index (κ1) is 15.0. The summed E-state index contributed by atoms with van der Waals surface area (Å²) in [5.74, 6) is 0.575. The molecule has 2 N–H and O–H groups in total. The van der Waals surface area contributed by atoms with Crippen LogP contribution >= 0.6 is 23.2 Å². The summed E-state index contributed by atoms with van der Waals surface area (Å²) in [5, 5.41) is 1.39. The van der Waals surface area contributed by atoms with Crippen molar-refractivity contribution < 1.29 is 0 Å². The molecule has 1 aliphatic heterocycles. The fourth-order valence-electron chi connectivity index (χ4n) is 2.78. The molecule has 2 rings (SSSR count). The Hall–Kier alpha value is -0.440. The highest BCUT2D eigenvalue weighted by molar-refractivity contribution is 6.35. The molecule has 0 unspecified atom stereocenters. The molecule has 1 heterocycles. The van der Waals surface area contributed by atoms with E-state index in [1.54, 1.807) is 6.07 Å². The van der Waals surface area contributed by atoms with Crippen LogP contribution in [0.4, 0.5) is 5.69 Å². The van der Waals surface area contributed by atoms with Gasteiger partial charge in [-0.05, 0) is 37.0 Å². The highest BCUT2D eigenvalue weighted by atomic mass is 35.5. The Morgan fingerprint density at radius 1 is 1.26 bits per heavy atom. The third kappa shape index (κ3) is 4.01. The van der Waals surface area contributed by atoms with Crippen LogP contribution in [0.15, 0.2) is 18.2 Å². The number of rotatable bonds is 4. The van der Waals surface area contributed by atoms with E-state index < -0.39 is 0 Å². The molecule has 1 saturated heterocycles. The van der Waals surface area contributed by atoms with Gasteiger partial charge in [0, 0.05) is 34.9 Å². The van der Waals surface area contributed by atoms with Gasteiger partial charge in [-0.2, -0.15) is 0 Å². The van der Waals surface area contributed by atoms with Crippen molar-refractivity contribution in [2.75, 3.05) is 18.0 Å². The number of hydrogen-bond acceptors (Lipinski definition) is 2. The summed E-state index contributed by atoms with van der Waals surface area (Å²) in [6.07, 6.45) is 4.73. The molecule has 0 spiro atoms. The Kier molecular flexibility index (Phi) is 5.37. The minimum absolute atomic E-state index is 0.331. The molecule has 0 bridgehead atoms. The first-order valence-electron chi connectivity index (χ1n) is 7.06. The fraction of sp³-hybridized carbons (Fsp3) is 0.600. The van der Waals surface area contributed by atoms with Gasteiger partial charge in [0.2, 0.25) is 0 Å². The van der Waals surface area contributed by atoms with Crippen molar-refractivity contribution in [3.8, 4) is 0 Å². The lowest BCUT2D eigenvalue weighted by Crippen LogP contribution is -2.47. The van der Waals surface area contributed by atoms with Crippen LogP contribution in [0.25, 0.3) is 0 Å². The summed E-state index contributed by atoms with van der Waals surface area (Å²) < 4.78 is 0. The molecule has 1 aliphatic rings. The molecule has 19 heavy (non-hydrogen) atoms. The van der Waals surface area contributed by atoms with Crippen LogP contribution in [0.5, 0.6) is 0 Å². The summed E-state index contributed by atoms with van der Waals surface area (Å²) in [7, 11) is 0. The minimum atomic E-state index is 0.331. The van der Waals surface area contributed by atoms with Crippen LogP contribution in [0.1, 0.15) is 32.6 Å². The number of hydrogen-bond donors (Lipinski definition) is 1. The molecular formula is C15H22Cl2N2. The number of unbranched alkanes of at least 4 members (excludes halogenated alkanes) is 1. The molecule has 2 nitrogen and oxygen atoms in total. The van der Waals surface area contributed by atoms with Crippen LogP contribution in [0, 0.1) is 5.92 Å². The van der Waals surface area contributed by atoms with Crippen LogP contribution in [-0.2, 0) is 0 Å². The van der Waals surface area contributed by atoms with Gasteiger partial charge in [-0.15, -0.1) is 0 Å². The van der Waals surface area contributed by atoms with Crippen molar-refractivity contribution in [2.45, 2.75) is 38.6 Å². The van der Waals surface area contributed by atoms with E-state index in [1.807, 2.05) is 12.1 Å². The molecule has 106 valence electrons. The predicted molar refractivity (Wildman–Crippen MR) is 84.3 cm³/mol. The number of anilines is 1. The van der Waals surface area contributed by atoms with Crippen LogP contribution in [0.3, 0.4) is 0 Å². The second-order valence-corrected chi connectivity index (χ2v) is 6.30. The van der Waals surface area contributed by atoms with Crippen molar-refractivity contribution in [3.05, 3.63) is 28.2 Å². The summed E-state index contributed by atoms with van der Waals surface area (Å²) in [5.41, 5.74) is 7.36. The van der Waals surface area contributed by atoms with E-state index >= 15 is 0 Å². The maximum absolute atomic E-state index is 6.24. The topological polar surface area (TPSA) is 29.3 Å². The molecule has 1 aromatic rings. The average Bonchev–Trinajstić information content (AvgIpc) is 2.36. The molecule has 1 fully saturated rings. The molecule has 4 heteroatoms. The Morgan fingerprint density at radius 3 is 2.58 bits per heavy atom. The number of halogens is 2.